The molecule has 6 nitrogen and oxygen atoms in total. The summed E-state index contributed by atoms with van der Waals surface area (Å²) in [6.45, 7) is 1.82. The SMILES string of the molecule is CC(NC(=O)c1cccc(N)c1[N+](=O)[O-])c1cccs1. The Kier molecular flexibility index (Phi) is 3.99. The maximum absolute atomic E-state index is 12.2. The number of hydrogen-bond acceptors (Lipinski definition) is 5. The van der Waals surface area contributed by atoms with Crippen LogP contribution in [0.5, 0.6) is 0 Å². The van der Waals surface area contributed by atoms with E-state index in [0.29, 0.717) is 0 Å². The molecule has 0 aliphatic carbocycles. The highest BCUT2D eigenvalue weighted by molar-refractivity contribution is 7.10. The first-order valence-electron chi connectivity index (χ1n) is 5.88. The van der Waals surface area contributed by atoms with Gasteiger partial charge < -0.3 is 11.1 Å². The van der Waals surface area contributed by atoms with Gasteiger partial charge in [0.15, 0.2) is 0 Å². The van der Waals surface area contributed by atoms with Crippen molar-refractivity contribution in [2.75, 3.05) is 5.73 Å². The number of nitrogens with two attached hydrogens (primary N) is 1. The summed E-state index contributed by atoms with van der Waals surface area (Å²) in [4.78, 5) is 23.5. The Labute approximate surface area is 119 Å². The van der Waals surface area contributed by atoms with Gasteiger partial charge in [0.2, 0.25) is 0 Å². The van der Waals surface area contributed by atoms with E-state index in [-0.39, 0.29) is 23.0 Å². The maximum Gasteiger partial charge on any atom is 0.304 e. The van der Waals surface area contributed by atoms with Crippen molar-refractivity contribution in [3.63, 3.8) is 0 Å². The van der Waals surface area contributed by atoms with Crippen LogP contribution >= 0.6 is 11.3 Å². The molecule has 1 atom stereocenters. The molecule has 2 aromatic rings. The number of carbonyl (C=O) groups is 1. The zero-order valence-corrected chi connectivity index (χ0v) is 11.5. The second kappa shape index (κ2) is 5.70. The lowest BCUT2D eigenvalue weighted by atomic mass is 10.1. The number of anilines is 1. The van der Waals surface area contributed by atoms with Gasteiger partial charge in [0, 0.05) is 4.88 Å². The predicted molar refractivity (Wildman–Crippen MR) is 77.7 cm³/mol. The number of thiophene rings is 1. The van der Waals surface area contributed by atoms with Crippen molar-refractivity contribution in [2.45, 2.75) is 13.0 Å². The molecule has 104 valence electrons. The lowest BCUT2D eigenvalue weighted by Crippen LogP contribution is -2.27. The molecule has 3 N–H and O–H groups in total. The molecular weight excluding hydrogens is 278 g/mol. The normalized spacial score (nSPS) is 11.8. The fraction of sp³-hybridized carbons (Fsp3) is 0.154. The van der Waals surface area contributed by atoms with Crippen molar-refractivity contribution in [3.8, 4) is 0 Å². The van der Waals surface area contributed by atoms with Gasteiger partial charge in [-0.05, 0) is 30.5 Å². The van der Waals surface area contributed by atoms with Gasteiger partial charge in [-0.15, -0.1) is 11.3 Å². The molecule has 0 spiro atoms. The van der Waals surface area contributed by atoms with Gasteiger partial charge >= 0.3 is 5.69 Å². The molecule has 0 saturated carbocycles. The van der Waals surface area contributed by atoms with Crippen LogP contribution in [-0.2, 0) is 0 Å². The molecule has 1 unspecified atom stereocenters. The molecule has 0 aliphatic rings. The number of nitrogens with one attached hydrogen (secondary N) is 1. The summed E-state index contributed by atoms with van der Waals surface area (Å²) in [5, 5.41) is 15.6. The fourth-order valence-corrected chi connectivity index (χ4v) is 2.57. The van der Waals surface area contributed by atoms with E-state index in [2.05, 4.69) is 5.32 Å². The standard InChI is InChI=1S/C13H13N3O3S/c1-8(11-6-3-7-20-11)15-13(17)9-4-2-5-10(14)12(9)16(18)19/h2-8H,14H2,1H3,(H,15,17). The smallest absolute Gasteiger partial charge is 0.304 e. The predicted octanol–water partition coefficient (Wildman–Crippen LogP) is 2.73. The van der Waals surface area contributed by atoms with E-state index in [9.17, 15) is 14.9 Å². The molecule has 0 fully saturated rings. The monoisotopic (exact) mass is 291 g/mol. The van der Waals surface area contributed by atoms with Crippen LogP contribution in [0.25, 0.3) is 0 Å². The topological polar surface area (TPSA) is 98.3 Å². The minimum atomic E-state index is -0.639. The van der Waals surface area contributed by atoms with Crippen LogP contribution in [0.1, 0.15) is 28.2 Å². The number of nitrogen functional groups attached to an aromatic ring is 1. The van der Waals surface area contributed by atoms with Gasteiger partial charge in [0.25, 0.3) is 5.91 Å². The van der Waals surface area contributed by atoms with E-state index >= 15 is 0 Å². The van der Waals surface area contributed by atoms with E-state index < -0.39 is 10.8 Å². The maximum atomic E-state index is 12.2. The van der Waals surface area contributed by atoms with E-state index in [1.807, 2.05) is 24.4 Å². The Morgan fingerprint density at radius 2 is 2.15 bits per heavy atom. The van der Waals surface area contributed by atoms with Crippen LogP contribution < -0.4 is 11.1 Å². The van der Waals surface area contributed by atoms with E-state index in [1.165, 1.54) is 29.5 Å². The summed E-state index contributed by atoms with van der Waals surface area (Å²) in [7, 11) is 0. The van der Waals surface area contributed by atoms with Crippen LogP contribution in [-0.4, -0.2) is 10.8 Å². The molecule has 0 radical (unpaired) electrons. The Morgan fingerprint density at radius 3 is 2.75 bits per heavy atom. The van der Waals surface area contributed by atoms with Crippen LogP contribution in [0.3, 0.4) is 0 Å². The highest BCUT2D eigenvalue weighted by Crippen LogP contribution is 2.27. The first kappa shape index (κ1) is 14.0. The first-order valence-corrected chi connectivity index (χ1v) is 6.76. The van der Waals surface area contributed by atoms with Crippen LogP contribution in [0.4, 0.5) is 11.4 Å². The third-order valence-electron chi connectivity index (χ3n) is 2.81. The Balaban J connectivity index is 2.26. The third-order valence-corrected chi connectivity index (χ3v) is 3.87. The van der Waals surface area contributed by atoms with E-state index in [4.69, 9.17) is 5.73 Å². The molecule has 0 aliphatic heterocycles. The number of rotatable bonds is 4. The lowest BCUT2D eigenvalue weighted by Gasteiger charge is -2.12. The summed E-state index contributed by atoms with van der Waals surface area (Å²) < 4.78 is 0. The summed E-state index contributed by atoms with van der Waals surface area (Å²) in [6, 6.07) is 7.87. The molecular formula is C13H13N3O3S. The Bertz CT molecular complexity index is 640. The number of carbonyl (C=O) groups excluding carboxylic acids is 1. The highest BCUT2D eigenvalue weighted by Gasteiger charge is 2.24. The second-order valence-corrected chi connectivity index (χ2v) is 5.19. The van der Waals surface area contributed by atoms with Crippen molar-refractivity contribution >= 4 is 28.6 Å². The number of hydrogen-bond donors (Lipinski definition) is 2. The van der Waals surface area contributed by atoms with E-state index in [0.717, 1.165) is 4.88 Å². The summed E-state index contributed by atoms with van der Waals surface area (Å²) in [5.41, 5.74) is 5.16. The number of nitro groups is 1. The fourth-order valence-electron chi connectivity index (χ4n) is 1.83. The summed E-state index contributed by atoms with van der Waals surface area (Å²) in [5.74, 6) is -0.509. The van der Waals surface area contributed by atoms with Gasteiger partial charge in [-0.1, -0.05) is 12.1 Å². The Hall–Kier alpha value is -2.41. The van der Waals surface area contributed by atoms with E-state index in [1.54, 1.807) is 0 Å². The molecule has 7 heteroatoms. The zero-order chi connectivity index (χ0) is 14.7. The van der Waals surface area contributed by atoms with Crippen molar-refractivity contribution in [1.82, 2.24) is 5.32 Å². The second-order valence-electron chi connectivity index (χ2n) is 4.21. The first-order chi connectivity index (χ1) is 9.50. The lowest BCUT2D eigenvalue weighted by molar-refractivity contribution is -0.384. The van der Waals surface area contributed by atoms with Crippen molar-refractivity contribution in [2.24, 2.45) is 0 Å². The average Bonchev–Trinajstić information content (AvgIpc) is 2.91. The molecule has 2 rings (SSSR count). The Morgan fingerprint density at radius 1 is 1.40 bits per heavy atom. The van der Waals surface area contributed by atoms with Gasteiger partial charge in [0.1, 0.15) is 11.3 Å². The number of benzene rings is 1. The average molecular weight is 291 g/mol. The van der Waals surface area contributed by atoms with Crippen molar-refractivity contribution < 1.29 is 9.72 Å². The highest BCUT2D eigenvalue weighted by atomic mass is 32.1. The largest absolute Gasteiger partial charge is 0.393 e. The molecule has 1 amide bonds. The van der Waals surface area contributed by atoms with Crippen LogP contribution in [0.15, 0.2) is 35.7 Å². The molecule has 1 heterocycles. The minimum Gasteiger partial charge on any atom is -0.393 e. The number of nitro benzene ring substituents is 1. The number of para-hydroxylation sites is 1. The summed E-state index contributed by atoms with van der Waals surface area (Å²) in [6.07, 6.45) is 0. The summed E-state index contributed by atoms with van der Waals surface area (Å²) >= 11 is 1.51. The molecule has 0 bridgehead atoms. The van der Waals surface area contributed by atoms with Crippen molar-refractivity contribution in [1.29, 1.82) is 0 Å². The molecule has 1 aromatic carbocycles. The van der Waals surface area contributed by atoms with Crippen LogP contribution in [0, 0.1) is 10.1 Å². The number of amides is 1. The van der Waals surface area contributed by atoms with Gasteiger partial charge in [-0.3, -0.25) is 14.9 Å². The molecule has 1 aromatic heterocycles. The quantitative estimate of drug-likeness (QED) is 0.514. The molecule has 20 heavy (non-hydrogen) atoms. The van der Waals surface area contributed by atoms with Gasteiger partial charge in [-0.25, -0.2) is 0 Å². The minimum absolute atomic E-state index is 0.0218. The number of nitrogens with zero attached hydrogens (tertiary/aromatic N) is 1. The molecule has 0 saturated heterocycles. The van der Waals surface area contributed by atoms with Crippen LogP contribution in [0.2, 0.25) is 0 Å². The van der Waals surface area contributed by atoms with Gasteiger partial charge in [0.05, 0.1) is 11.0 Å². The van der Waals surface area contributed by atoms with Gasteiger partial charge in [-0.2, -0.15) is 0 Å². The van der Waals surface area contributed by atoms with Crippen molar-refractivity contribution in [3.05, 3.63) is 56.3 Å². The zero-order valence-electron chi connectivity index (χ0n) is 10.7. The third kappa shape index (κ3) is 2.77.